The van der Waals surface area contributed by atoms with E-state index < -0.39 is 11.8 Å². The molecule has 1 atom stereocenters. The van der Waals surface area contributed by atoms with E-state index in [0.29, 0.717) is 28.7 Å². The number of piperidine rings is 1. The largest absolute Gasteiger partial charge is 0.348 e. The second-order valence-electron chi connectivity index (χ2n) is 8.31. The van der Waals surface area contributed by atoms with Crippen LogP contribution in [0.25, 0.3) is 0 Å². The van der Waals surface area contributed by atoms with E-state index in [1.165, 1.54) is 0 Å². The van der Waals surface area contributed by atoms with Gasteiger partial charge in [0, 0.05) is 25.3 Å². The summed E-state index contributed by atoms with van der Waals surface area (Å²) in [6.45, 7) is 3.90. The minimum atomic E-state index is -0.658. The van der Waals surface area contributed by atoms with Crippen molar-refractivity contribution in [3.8, 4) is 0 Å². The van der Waals surface area contributed by atoms with Crippen LogP contribution in [0.5, 0.6) is 0 Å². The van der Waals surface area contributed by atoms with E-state index in [1.807, 2.05) is 36.1 Å². The first-order chi connectivity index (χ1) is 15.4. The van der Waals surface area contributed by atoms with Crippen molar-refractivity contribution >= 4 is 35.0 Å². The molecule has 1 heterocycles. The highest BCUT2D eigenvalue weighted by Gasteiger charge is 2.25. The van der Waals surface area contributed by atoms with E-state index in [0.717, 1.165) is 50.8 Å². The molecule has 7 heteroatoms. The van der Waals surface area contributed by atoms with Gasteiger partial charge in [0.1, 0.15) is 0 Å². The molecule has 170 valence electrons. The Kier molecular flexibility index (Phi) is 8.68. The Balaban J connectivity index is 1.35. The van der Waals surface area contributed by atoms with Crippen molar-refractivity contribution in [1.82, 2.24) is 10.2 Å². The minimum Gasteiger partial charge on any atom is -0.348 e. The van der Waals surface area contributed by atoms with Crippen molar-refractivity contribution in [2.75, 3.05) is 25.0 Å². The summed E-state index contributed by atoms with van der Waals surface area (Å²) in [6.07, 6.45) is 4.78. The molecule has 0 radical (unpaired) electrons. The third kappa shape index (κ3) is 6.82. The highest BCUT2D eigenvalue weighted by atomic mass is 35.5. The van der Waals surface area contributed by atoms with Gasteiger partial charge in [-0.2, -0.15) is 0 Å². The maximum Gasteiger partial charge on any atom is 0.313 e. The number of halogens is 1. The van der Waals surface area contributed by atoms with Gasteiger partial charge in [-0.1, -0.05) is 47.9 Å². The second kappa shape index (κ2) is 11.7. The number of hydrogen-bond donors (Lipinski definition) is 2. The molecule has 1 fully saturated rings. The number of unbranched alkanes of at least 4 members (excludes halogenated alkanes) is 1. The number of aryl methyl sites for hydroxylation is 1. The van der Waals surface area contributed by atoms with Gasteiger partial charge in [0.25, 0.3) is 5.91 Å². The molecule has 6 nitrogen and oxygen atoms in total. The maximum atomic E-state index is 12.8. The van der Waals surface area contributed by atoms with Crippen LogP contribution < -0.4 is 10.6 Å². The van der Waals surface area contributed by atoms with Crippen LogP contribution in [-0.2, 0) is 9.59 Å². The molecule has 3 rings (SSSR count). The summed E-state index contributed by atoms with van der Waals surface area (Å²) < 4.78 is 0. The maximum absolute atomic E-state index is 12.8. The zero-order valence-corrected chi connectivity index (χ0v) is 19.2. The molecule has 1 saturated heterocycles. The van der Waals surface area contributed by atoms with Crippen LogP contribution in [0.2, 0.25) is 5.02 Å². The van der Waals surface area contributed by atoms with Crippen LogP contribution in [0.3, 0.4) is 0 Å². The lowest BCUT2D eigenvalue weighted by atomic mass is 9.92. The second-order valence-corrected chi connectivity index (χ2v) is 8.72. The highest BCUT2D eigenvalue weighted by molar-refractivity contribution is 6.39. The zero-order chi connectivity index (χ0) is 22.9. The fraction of sp³-hybridized carbons (Fsp3) is 0.400. The van der Waals surface area contributed by atoms with Crippen molar-refractivity contribution in [3.05, 3.63) is 64.7 Å². The van der Waals surface area contributed by atoms with Crippen LogP contribution in [-0.4, -0.2) is 42.3 Å². The molecule has 0 saturated carbocycles. The van der Waals surface area contributed by atoms with E-state index in [1.54, 1.807) is 24.3 Å². The number of likely N-dealkylation sites (tertiary alicyclic amines) is 1. The van der Waals surface area contributed by atoms with Crippen molar-refractivity contribution < 1.29 is 14.4 Å². The minimum absolute atomic E-state index is 0.00727. The number of rotatable bonds is 7. The number of benzene rings is 2. The summed E-state index contributed by atoms with van der Waals surface area (Å²) in [5.74, 6) is -0.850. The van der Waals surface area contributed by atoms with Gasteiger partial charge in [-0.15, -0.1) is 0 Å². The zero-order valence-electron chi connectivity index (χ0n) is 18.4. The number of nitrogens with zero attached hydrogens (tertiary/aromatic N) is 1. The Morgan fingerprint density at radius 2 is 1.78 bits per heavy atom. The number of amides is 3. The molecule has 0 aliphatic carbocycles. The lowest BCUT2D eigenvalue weighted by Crippen LogP contribution is -2.40. The normalized spacial score (nSPS) is 15.8. The van der Waals surface area contributed by atoms with Crippen molar-refractivity contribution in [1.29, 1.82) is 0 Å². The van der Waals surface area contributed by atoms with E-state index in [4.69, 9.17) is 11.6 Å². The molecular weight excluding hydrogens is 426 g/mol. The van der Waals surface area contributed by atoms with Gasteiger partial charge in [-0.3, -0.25) is 14.4 Å². The third-order valence-corrected chi connectivity index (χ3v) is 6.08. The number of nitrogens with one attached hydrogen (secondary N) is 2. The van der Waals surface area contributed by atoms with Gasteiger partial charge in [0.05, 0.1) is 10.6 Å². The molecule has 32 heavy (non-hydrogen) atoms. The molecule has 1 aliphatic heterocycles. The number of carbonyl (C=O) groups excluding carboxylic acids is 3. The lowest BCUT2D eigenvalue weighted by Gasteiger charge is -2.33. The van der Waals surface area contributed by atoms with Crippen molar-refractivity contribution in [2.24, 2.45) is 5.92 Å². The van der Waals surface area contributed by atoms with Gasteiger partial charge in [-0.05, 0) is 62.8 Å². The summed E-state index contributed by atoms with van der Waals surface area (Å²) in [7, 11) is 0. The number of anilines is 1. The Hall–Kier alpha value is -2.86. The smallest absolute Gasteiger partial charge is 0.313 e. The average molecular weight is 456 g/mol. The SMILES string of the molecule is Cc1ccc(NC(=O)C(=O)NCCCC[C@@H]2CCCN(C(=O)c3ccccc3Cl)C2)cc1. The molecular formula is C25H30ClN3O3. The van der Waals surface area contributed by atoms with Crippen molar-refractivity contribution in [3.63, 3.8) is 0 Å². The predicted molar refractivity (Wildman–Crippen MR) is 127 cm³/mol. The van der Waals surface area contributed by atoms with Crippen LogP contribution in [0, 0.1) is 12.8 Å². The summed E-state index contributed by atoms with van der Waals surface area (Å²) in [4.78, 5) is 38.6. The molecule has 2 N–H and O–H groups in total. The van der Waals surface area contributed by atoms with Gasteiger partial charge in [-0.25, -0.2) is 0 Å². The number of carbonyl (C=O) groups is 3. The molecule has 0 aromatic heterocycles. The Morgan fingerprint density at radius 1 is 1.03 bits per heavy atom. The monoisotopic (exact) mass is 455 g/mol. The molecule has 0 spiro atoms. The first kappa shape index (κ1) is 23.8. The van der Waals surface area contributed by atoms with E-state index in [-0.39, 0.29) is 5.91 Å². The summed E-state index contributed by atoms with van der Waals surface area (Å²) in [6, 6.07) is 14.5. The van der Waals surface area contributed by atoms with Crippen LogP contribution in [0.1, 0.15) is 48.0 Å². The molecule has 3 amide bonds. The molecule has 1 aliphatic rings. The topological polar surface area (TPSA) is 78.5 Å². The number of hydrogen-bond acceptors (Lipinski definition) is 3. The lowest BCUT2D eigenvalue weighted by molar-refractivity contribution is -0.136. The van der Waals surface area contributed by atoms with Crippen molar-refractivity contribution in [2.45, 2.75) is 39.0 Å². The quantitative estimate of drug-likeness (QED) is 0.479. The summed E-state index contributed by atoms with van der Waals surface area (Å²) in [5, 5.41) is 5.76. The third-order valence-electron chi connectivity index (χ3n) is 5.75. The van der Waals surface area contributed by atoms with Crippen LogP contribution in [0.15, 0.2) is 48.5 Å². The fourth-order valence-electron chi connectivity index (χ4n) is 3.96. The molecule has 2 aromatic rings. The first-order valence-corrected chi connectivity index (χ1v) is 11.5. The average Bonchev–Trinajstić information content (AvgIpc) is 2.80. The van der Waals surface area contributed by atoms with E-state index in [2.05, 4.69) is 10.6 Å². The Labute approximate surface area is 194 Å². The highest BCUT2D eigenvalue weighted by Crippen LogP contribution is 2.25. The van der Waals surface area contributed by atoms with E-state index in [9.17, 15) is 14.4 Å². The van der Waals surface area contributed by atoms with Gasteiger partial charge >= 0.3 is 11.8 Å². The summed E-state index contributed by atoms with van der Waals surface area (Å²) >= 11 is 6.18. The van der Waals surface area contributed by atoms with Gasteiger partial charge < -0.3 is 15.5 Å². The fourth-order valence-corrected chi connectivity index (χ4v) is 4.17. The van der Waals surface area contributed by atoms with E-state index >= 15 is 0 Å². The van der Waals surface area contributed by atoms with Gasteiger partial charge in [0.2, 0.25) is 0 Å². The molecule has 0 unspecified atom stereocenters. The standard InChI is InChI=1S/C25H30ClN3O3/c1-18-11-13-20(14-12-18)28-24(31)23(30)27-15-5-4-7-19-8-6-16-29(17-19)25(32)21-9-2-3-10-22(21)26/h2-3,9-14,19H,4-8,15-17H2,1H3,(H,27,30)(H,28,31)/t19-/m1/s1. The Bertz CT molecular complexity index is 946. The summed E-state index contributed by atoms with van der Waals surface area (Å²) in [5.41, 5.74) is 2.24. The predicted octanol–water partition coefficient (Wildman–Crippen LogP) is 4.43. The molecule has 0 bridgehead atoms. The first-order valence-electron chi connectivity index (χ1n) is 11.1. The van der Waals surface area contributed by atoms with Crippen LogP contribution in [0.4, 0.5) is 5.69 Å². The van der Waals surface area contributed by atoms with Crippen LogP contribution >= 0.6 is 11.6 Å². The molecule has 2 aromatic carbocycles. The Morgan fingerprint density at radius 3 is 2.53 bits per heavy atom. The van der Waals surface area contributed by atoms with Gasteiger partial charge in [0.15, 0.2) is 0 Å².